The fraction of sp³-hybridized carbons (Fsp3) is 0.263. The summed E-state index contributed by atoms with van der Waals surface area (Å²) in [5, 5.41) is 0. The smallest absolute Gasteiger partial charge is 0.307 e. The Morgan fingerprint density at radius 3 is 1.64 bits per heavy atom. The summed E-state index contributed by atoms with van der Waals surface area (Å²) in [4.78, 5) is 24.8. The molecule has 0 spiro atoms. The van der Waals surface area contributed by atoms with E-state index >= 15 is 0 Å². The van der Waals surface area contributed by atoms with Gasteiger partial charge in [-0.05, 0) is 0 Å². The minimum atomic E-state index is -1.37. The van der Waals surface area contributed by atoms with Crippen LogP contribution in [0.2, 0.25) is 0 Å². The summed E-state index contributed by atoms with van der Waals surface area (Å²) in [6, 6.07) is 18.4. The Bertz CT molecular complexity index is 593. The molecule has 0 N–H and O–H groups in total. The first-order valence-electron chi connectivity index (χ1n) is 7.51. The third kappa shape index (κ3) is 2.93. The highest BCUT2D eigenvalue weighted by Crippen LogP contribution is 2.36. The minimum Gasteiger partial charge on any atom is -0.441 e. The maximum atomic E-state index is 12.8. The zero-order valence-electron chi connectivity index (χ0n) is 12.9. The van der Waals surface area contributed by atoms with Crippen LogP contribution in [0.25, 0.3) is 0 Å². The Labute approximate surface area is 130 Å². The Kier molecular flexibility index (Phi) is 5.10. The van der Waals surface area contributed by atoms with Crippen molar-refractivity contribution in [3.63, 3.8) is 0 Å². The number of esters is 1. The van der Waals surface area contributed by atoms with Gasteiger partial charge in [0.25, 0.3) is 0 Å². The van der Waals surface area contributed by atoms with Crippen LogP contribution in [0.15, 0.2) is 60.7 Å². The normalized spacial score (nSPS) is 11.0. The van der Waals surface area contributed by atoms with E-state index in [2.05, 4.69) is 0 Å². The lowest BCUT2D eigenvalue weighted by Gasteiger charge is -2.33. The monoisotopic (exact) mass is 296 g/mol. The predicted molar refractivity (Wildman–Crippen MR) is 85.3 cm³/mol. The second-order valence-electron chi connectivity index (χ2n) is 5.02. The maximum Gasteiger partial charge on any atom is 0.307 e. The molecule has 2 aromatic carbocycles. The lowest BCUT2D eigenvalue weighted by atomic mass is 9.81. The summed E-state index contributed by atoms with van der Waals surface area (Å²) in [6.07, 6.45) is 0.499. The number of hydrogen-bond donors (Lipinski definition) is 0. The van der Waals surface area contributed by atoms with Crippen molar-refractivity contribution in [1.82, 2.24) is 0 Å². The van der Waals surface area contributed by atoms with E-state index < -0.39 is 11.6 Å². The lowest BCUT2D eigenvalue weighted by molar-refractivity contribution is -0.164. The van der Waals surface area contributed by atoms with Crippen LogP contribution < -0.4 is 0 Å². The fourth-order valence-corrected chi connectivity index (χ4v) is 2.50. The molecule has 0 fully saturated rings. The Balaban J connectivity index is 2.69. The van der Waals surface area contributed by atoms with Gasteiger partial charge in [0.05, 0.1) is 0 Å². The van der Waals surface area contributed by atoms with Crippen LogP contribution in [0.1, 0.15) is 37.8 Å². The minimum absolute atomic E-state index is 0.133. The average Bonchev–Trinajstić information content (AvgIpc) is 2.60. The molecule has 0 saturated heterocycles. The molecule has 0 aliphatic heterocycles. The molecule has 0 aliphatic rings. The molecule has 22 heavy (non-hydrogen) atoms. The molecule has 0 aromatic heterocycles. The van der Waals surface area contributed by atoms with E-state index in [0.29, 0.717) is 11.1 Å². The topological polar surface area (TPSA) is 43.4 Å². The van der Waals surface area contributed by atoms with Crippen LogP contribution in [-0.2, 0) is 19.9 Å². The number of ketones is 1. The molecular weight excluding hydrogens is 276 g/mol. The third-order valence-electron chi connectivity index (χ3n) is 3.63. The Morgan fingerprint density at radius 1 is 0.818 bits per heavy atom. The molecule has 3 nitrogen and oxygen atoms in total. The summed E-state index contributed by atoms with van der Waals surface area (Å²) in [7, 11) is 0. The molecule has 0 aliphatic carbocycles. The van der Waals surface area contributed by atoms with Gasteiger partial charge < -0.3 is 4.74 Å². The second-order valence-corrected chi connectivity index (χ2v) is 5.02. The molecule has 0 atom stereocenters. The molecule has 0 amide bonds. The van der Waals surface area contributed by atoms with Gasteiger partial charge in [-0.2, -0.15) is 0 Å². The highest BCUT2D eigenvalue weighted by Gasteiger charge is 2.44. The van der Waals surface area contributed by atoms with Crippen LogP contribution in [0, 0.1) is 0 Å². The van der Waals surface area contributed by atoms with Crippen molar-refractivity contribution in [2.24, 2.45) is 0 Å². The molecule has 0 unspecified atom stereocenters. The molecule has 2 aromatic rings. The van der Waals surface area contributed by atoms with E-state index in [4.69, 9.17) is 4.74 Å². The van der Waals surface area contributed by atoms with E-state index in [0.717, 1.165) is 0 Å². The summed E-state index contributed by atoms with van der Waals surface area (Å²) in [5.41, 5.74) is -0.0191. The zero-order valence-corrected chi connectivity index (χ0v) is 12.9. The number of carbonyl (C=O) groups is 2. The SMILES string of the molecule is CCC(=O)OC(C(=O)CC)(c1ccccc1)c1ccccc1. The van der Waals surface area contributed by atoms with Gasteiger partial charge in [-0.1, -0.05) is 74.5 Å². The third-order valence-corrected chi connectivity index (χ3v) is 3.63. The van der Waals surface area contributed by atoms with Crippen molar-refractivity contribution in [1.29, 1.82) is 0 Å². The number of benzene rings is 2. The molecule has 0 heterocycles. The van der Waals surface area contributed by atoms with Gasteiger partial charge in [0.1, 0.15) is 0 Å². The van der Waals surface area contributed by atoms with Gasteiger partial charge in [0.2, 0.25) is 5.60 Å². The Morgan fingerprint density at radius 2 is 1.27 bits per heavy atom. The van der Waals surface area contributed by atoms with Gasteiger partial charge in [0.15, 0.2) is 5.78 Å². The van der Waals surface area contributed by atoms with Gasteiger partial charge >= 0.3 is 5.97 Å². The first-order valence-corrected chi connectivity index (χ1v) is 7.51. The van der Waals surface area contributed by atoms with Gasteiger partial charge in [-0.3, -0.25) is 9.59 Å². The van der Waals surface area contributed by atoms with Crippen LogP contribution >= 0.6 is 0 Å². The van der Waals surface area contributed by atoms with Crippen molar-refractivity contribution >= 4 is 11.8 Å². The summed E-state index contributed by atoms with van der Waals surface area (Å²) in [5.74, 6) is -0.527. The van der Waals surface area contributed by atoms with E-state index in [-0.39, 0.29) is 18.6 Å². The highest BCUT2D eigenvalue weighted by molar-refractivity contribution is 5.94. The number of carbonyl (C=O) groups excluding carboxylic acids is 2. The van der Waals surface area contributed by atoms with E-state index in [9.17, 15) is 9.59 Å². The molecule has 2 rings (SSSR count). The molecule has 0 saturated carbocycles. The highest BCUT2D eigenvalue weighted by atomic mass is 16.6. The molecule has 3 heteroatoms. The van der Waals surface area contributed by atoms with Gasteiger partial charge in [-0.15, -0.1) is 0 Å². The number of rotatable bonds is 6. The van der Waals surface area contributed by atoms with Crippen molar-refractivity contribution in [2.45, 2.75) is 32.3 Å². The number of ether oxygens (including phenoxy) is 1. The fourth-order valence-electron chi connectivity index (χ4n) is 2.50. The van der Waals surface area contributed by atoms with E-state index in [1.54, 1.807) is 13.8 Å². The van der Waals surface area contributed by atoms with Crippen molar-refractivity contribution in [2.75, 3.05) is 0 Å². The summed E-state index contributed by atoms with van der Waals surface area (Å²) < 4.78 is 5.72. The van der Waals surface area contributed by atoms with Crippen LogP contribution in [-0.4, -0.2) is 11.8 Å². The van der Waals surface area contributed by atoms with Crippen molar-refractivity contribution in [3.8, 4) is 0 Å². The zero-order chi connectivity index (χ0) is 16.0. The van der Waals surface area contributed by atoms with Crippen LogP contribution in [0.3, 0.4) is 0 Å². The van der Waals surface area contributed by atoms with Gasteiger partial charge in [0, 0.05) is 24.0 Å². The van der Waals surface area contributed by atoms with E-state index in [1.165, 1.54) is 0 Å². The van der Waals surface area contributed by atoms with Crippen LogP contribution in [0.5, 0.6) is 0 Å². The van der Waals surface area contributed by atoms with Crippen LogP contribution in [0.4, 0.5) is 0 Å². The number of hydrogen-bond acceptors (Lipinski definition) is 3. The molecule has 0 bridgehead atoms. The van der Waals surface area contributed by atoms with Crippen molar-refractivity contribution < 1.29 is 14.3 Å². The van der Waals surface area contributed by atoms with E-state index in [1.807, 2.05) is 60.7 Å². The molecule has 114 valence electrons. The maximum absolute atomic E-state index is 12.8. The standard InChI is InChI=1S/C19H20O3/c1-3-17(20)19(22-18(21)4-2,15-11-7-5-8-12-15)16-13-9-6-10-14-16/h5-14H,3-4H2,1-2H3. The van der Waals surface area contributed by atoms with Gasteiger partial charge in [-0.25, -0.2) is 0 Å². The molecule has 0 radical (unpaired) electrons. The molecular formula is C19H20O3. The summed E-state index contributed by atoms with van der Waals surface area (Å²) >= 11 is 0. The van der Waals surface area contributed by atoms with Crippen molar-refractivity contribution in [3.05, 3.63) is 71.8 Å². The largest absolute Gasteiger partial charge is 0.441 e. The predicted octanol–water partition coefficient (Wildman–Crippen LogP) is 3.86. The lowest BCUT2D eigenvalue weighted by Crippen LogP contribution is -2.41. The first-order chi connectivity index (χ1) is 10.6. The summed E-state index contributed by atoms with van der Waals surface area (Å²) in [6.45, 7) is 3.50. The Hall–Kier alpha value is -2.42. The second kappa shape index (κ2) is 7.03. The first kappa shape index (κ1) is 16.0. The average molecular weight is 296 g/mol. The quantitative estimate of drug-likeness (QED) is 0.760. The number of Topliss-reactive ketones (excluding diaryl/α,β-unsaturated/α-hetero) is 1.